The Morgan fingerprint density at radius 2 is 2.29 bits per heavy atom. The predicted octanol–water partition coefficient (Wildman–Crippen LogP) is 1.58. The molecule has 3 nitrogen and oxygen atoms in total. The molecule has 0 aromatic heterocycles. The van der Waals surface area contributed by atoms with E-state index in [1.54, 1.807) is 0 Å². The van der Waals surface area contributed by atoms with E-state index >= 15 is 0 Å². The SMILES string of the molecule is CCSCC(C)NC(C(=O)O)C1CC1. The Morgan fingerprint density at radius 3 is 2.71 bits per heavy atom. The predicted molar refractivity (Wildman–Crippen MR) is 59.7 cm³/mol. The van der Waals surface area contributed by atoms with Crippen molar-refractivity contribution in [3.05, 3.63) is 0 Å². The minimum Gasteiger partial charge on any atom is -0.480 e. The first-order valence-corrected chi connectivity index (χ1v) is 6.37. The highest BCUT2D eigenvalue weighted by Gasteiger charge is 2.36. The third-order valence-corrected chi connectivity index (χ3v) is 3.54. The molecule has 2 unspecified atom stereocenters. The van der Waals surface area contributed by atoms with E-state index in [0.29, 0.717) is 12.0 Å². The van der Waals surface area contributed by atoms with Gasteiger partial charge in [-0.2, -0.15) is 11.8 Å². The third kappa shape index (κ3) is 3.88. The first-order valence-electron chi connectivity index (χ1n) is 5.21. The molecule has 82 valence electrons. The lowest BCUT2D eigenvalue weighted by atomic mass is 10.1. The lowest BCUT2D eigenvalue weighted by Gasteiger charge is -2.19. The second-order valence-corrected chi connectivity index (χ2v) is 5.20. The van der Waals surface area contributed by atoms with Crippen LogP contribution in [0.15, 0.2) is 0 Å². The van der Waals surface area contributed by atoms with Gasteiger partial charge in [-0.15, -0.1) is 0 Å². The van der Waals surface area contributed by atoms with Crippen molar-refractivity contribution in [2.24, 2.45) is 5.92 Å². The fraction of sp³-hybridized carbons (Fsp3) is 0.900. The molecule has 1 fully saturated rings. The van der Waals surface area contributed by atoms with Crippen LogP contribution in [0.1, 0.15) is 26.7 Å². The highest BCUT2D eigenvalue weighted by Crippen LogP contribution is 2.33. The second kappa shape index (κ2) is 5.61. The van der Waals surface area contributed by atoms with Gasteiger partial charge in [0.25, 0.3) is 0 Å². The Balaban J connectivity index is 2.27. The maximum atomic E-state index is 10.9. The van der Waals surface area contributed by atoms with Crippen LogP contribution in [0.5, 0.6) is 0 Å². The number of rotatable bonds is 7. The van der Waals surface area contributed by atoms with Gasteiger partial charge in [0.2, 0.25) is 0 Å². The van der Waals surface area contributed by atoms with Crippen molar-refractivity contribution in [3.63, 3.8) is 0 Å². The lowest BCUT2D eigenvalue weighted by Crippen LogP contribution is -2.44. The molecule has 0 saturated heterocycles. The smallest absolute Gasteiger partial charge is 0.320 e. The molecule has 1 aliphatic carbocycles. The third-order valence-electron chi connectivity index (χ3n) is 2.40. The van der Waals surface area contributed by atoms with Gasteiger partial charge in [0.05, 0.1) is 0 Å². The molecule has 0 amide bonds. The molecule has 0 aromatic carbocycles. The van der Waals surface area contributed by atoms with Crippen LogP contribution in [-0.4, -0.2) is 34.7 Å². The van der Waals surface area contributed by atoms with Crippen LogP contribution in [-0.2, 0) is 4.79 Å². The van der Waals surface area contributed by atoms with Crippen molar-refractivity contribution in [2.75, 3.05) is 11.5 Å². The number of carbonyl (C=O) groups is 1. The van der Waals surface area contributed by atoms with E-state index in [1.807, 2.05) is 11.8 Å². The lowest BCUT2D eigenvalue weighted by molar-refractivity contribution is -0.140. The van der Waals surface area contributed by atoms with Gasteiger partial charge in [0.1, 0.15) is 6.04 Å². The van der Waals surface area contributed by atoms with E-state index in [1.165, 1.54) is 0 Å². The molecule has 0 aromatic rings. The summed E-state index contributed by atoms with van der Waals surface area (Å²) < 4.78 is 0. The first kappa shape index (κ1) is 11.9. The molecule has 0 bridgehead atoms. The zero-order chi connectivity index (χ0) is 10.6. The van der Waals surface area contributed by atoms with E-state index < -0.39 is 5.97 Å². The van der Waals surface area contributed by atoms with E-state index in [2.05, 4.69) is 19.2 Å². The Hall–Kier alpha value is -0.220. The van der Waals surface area contributed by atoms with Gasteiger partial charge < -0.3 is 10.4 Å². The fourth-order valence-electron chi connectivity index (χ4n) is 1.49. The van der Waals surface area contributed by atoms with Crippen LogP contribution >= 0.6 is 11.8 Å². The van der Waals surface area contributed by atoms with Gasteiger partial charge >= 0.3 is 5.97 Å². The van der Waals surface area contributed by atoms with Crippen molar-refractivity contribution in [1.29, 1.82) is 0 Å². The van der Waals surface area contributed by atoms with Crippen LogP contribution in [0.4, 0.5) is 0 Å². The van der Waals surface area contributed by atoms with Gasteiger partial charge in [0, 0.05) is 11.8 Å². The average molecular weight is 217 g/mol. The summed E-state index contributed by atoms with van der Waals surface area (Å²) >= 11 is 1.85. The first-order chi connectivity index (χ1) is 6.65. The summed E-state index contributed by atoms with van der Waals surface area (Å²) in [5.74, 6) is 1.77. The van der Waals surface area contributed by atoms with E-state index in [4.69, 9.17) is 5.11 Å². The highest BCUT2D eigenvalue weighted by atomic mass is 32.2. The van der Waals surface area contributed by atoms with Crippen molar-refractivity contribution in [3.8, 4) is 0 Å². The van der Waals surface area contributed by atoms with Gasteiger partial charge in [-0.3, -0.25) is 4.79 Å². The number of aliphatic carboxylic acids is 1. The molecule has 1 aliphatic rings. The molecule has 14 heavy (non-hydrogen) atoms. The maximum Gasteiger partial charge on any atom is 0.320 e. The quantitative estimate of drug-likeness (QED) is 0.680. The monoisotopic (exact) mass is 217 g/mol. The number of thioether (sulfide) groups is 1. The molecule has 2 N–H and O–H groups in total. The molecule has 0 aliphatic heterocycles. The number of carboxylic acids is 1. The normalized spacial score (nSPS) is 20.4. The van der Waals surface area contributed by atoms with Crippen LogP contribution in [0.25, 0.3) is 0 Å². The van der Waals surface area contributed by atoms with Crippen LogP contribution in [0, 0.1) is 5.92 Å². The van der Waals surface area contributed by atoms with Crippen LogP contribution in [0.3, 0.4) is 0 Å². The van der Waals surface area contributed by atoms with Crippen molar-refractivity contribution >= 4 is 17.7 Å². The fourth-order valence-corrected chi connectivity index (χ4v) is 2.17. The van der Waals surface area contributed by atoms with Crippen molar-refractivity contribution in [1.82, 2.24) is 5.32 Å². The van der Waals surface area contributed by atoms with Gasteiger partial charge in [0.15, 0.2) is 0 Å². The Morgan fingerprint density at radius 1 is 1.64 bits per heavy atom. The molecule has 1 rings (SSSR count). The van der Waals surface area contributed by atoms with E-state index in [9.17, 15) is 4.79 Å². The largest absolute Gasteiger partial charge is 0.480 e. The Labute approximate surface area is 89.6 Å². The van der Waals surface area contributed by atoms with Crippen LogP contribution < -0.4 is 5.32 Å². The zero-order valence-corrected chi connectivity index (χ0v) is 9.64. The number of hydrogen-bond acceptors (Lipinski definition) is 3. The van der Waals surface area contributed by atoms with Crippen LogP contribution in [0.2, 0.25) is 0 Å². The number of carboxylic acid groups (broad SMARTS) is 1. The van der Waals surface area contributed by atoms with E-state index in [0.717, 1.165) is 24.3 Å². The summed E-state index contributed by atoms with van der Waals surface area (Å²) in [6.07, 6.45) is 2.13. The molecular formula is C10H19NO2S. The Bertz CT molecular complexity index is 195. The minimum absolute atomic E-state index is 0.293. The number of nitrogens with one attached hydrogen (secondary N) is 1. The summed E-state index contributed by atoms with van der Waals surface area (Å²) in [7, 11) is 0. The molecule has 1 saturated carbocycles. The van der Waals surface area contributed by atoms with E-state index in [-0.39, 0.29) is 6.04 Å². The summed E-state index contributed by atoms with van der Waals surface area (Å²) in [6, 6.07) is -0.0240. The van der Waals surface area contributed by atoms with Crippen molar-refractivity contribution < 1.29 is 9.90 Å². The van der Waals surface area contributed by atoms with Gasteiger partial charge in [-0.1, -0.05) is 6.92 Å². The highest BCUT2D eigenvalue weighted by molar-refractivity contribution is 7.99. The number of hydrogen-bond donors (Lipinski definition) is 2. The standard InChI is InChI=1S/C10H19NO2S/c1-3-14-6-7(2)11-9(10(12)13)8-4-5-8/h7-9,11H,3-6H2,1-2H3,(H,12,13). The average Bonchev–Trinajstić information content (AvgIpc) is 2.93. The Kier molecular flexibility index (Phi) is 4.75. The van der Waals surface area contributed by atoms with Crippen molar-refractivity contribution in [2.45, 2.75) is 38.8 Å². The molecule has 0 radical (unpaired) electrons. The summed E-state index contributed by atoms with van der Waals surface area (Å²) in [5, 5.41) is 12.2. The van der Waals surface area contributed by atoms with Gasteiger partial charge in [-0.25, -0.2) is 0 Å². The van der Waals surface area contributed by atoms with Gasteiger partial charge in [-0.05, 0) is 31.4 Å². The topological polar surface area (TPSA) is 49.3 Å². The summed E-state index contributed by atoms with van der Waals surface area (Å²) in [4.78, 5) is 10.9. The molecular weight excluding hydrogens is 198 g/mol. The maximum absolute atomic E-state index is 10.9. The minimum atomic E-state index is -0.694. The molecule has 4 heteroatoms. The zero-order valence-electron chi connectivity index (χ0n) is 8.82. The summed E-state index contributed by atoms with van der Waals surface area (Å²) in [6.45, 7) is 4.17. The molecule has 0 spiro atoms. The summed E-state index contributed by atoms with van der Waals surface area (Å²) in [5.41, 5.74) is 0. The molecule has 2 atom stereocenters. The molecule has 0 heterocycles. The second-order valence-electron chi connectivity index (χ2n) is 3.88.